The number of hydrogen-bond donors (Lipinski definition) is 1. The summed E-state index contributed by atoms with van der Waals surface area (Å²) < 4.78 is 31.5. The number of anilines is 1. The quantitative estimate of drug-likeness (QED) is 0.103. The van der Waals surface area contributed by atoms with E-state index < -0.39 is 5.91 Å². The highest BCUT2D eigenvalue weighted by atomic mass is 127. The molecule has 0 saturated carbocycles. The third kappa shape index (κ3) is 8.07. The van der Waals surface area contributed by atoms with Crippen LogP contribution in [0.15, 0.2) is 96.6 Å². The molecule has 0 atom stereocenters. The summed E-state index contributed by atoms with van der Waals surface area (Å²) in [5, 5.41) is 12.5. The van der Waals surface area contributed by atoms with Crippen LogP contribution in [0.1, 0.15) is 23.6 Å². The molecule has 40 heavy (non-hydrogen) atoms. The Morgan fingerprint density at radius 2 is 1.60 bits per heavy atom. The van der Waals surface area contributed by atoms with Crippen LogP contribution < -0.4 is 19.5 Å². The van der Waals surface area contributed by atoms with E-state index in [1.54, 1.807) is 48.5 Å². The van der Waals surface area contributed by atoms with Gasteiger partial charge < -0.3 is 19.5 Å². The molecule has 0 radical (unpaired) electrons. The van der Waals surface area contributed by atoms with Crippen LogP contribution in [-0.4, -0.2) is 12.5 Å². The lowest BCUT2D eigenvalue weighted by molar-refractivity contribution is -0.112. The van der Waals surface area contributed by atoms with E-state index in [9.17, 15) is 14.4 Å². The Morgan fingerprint density at radius 1 is 0.925 bits per heavy atom. The van der Waals surface area contributed by atoms with Crippen molar-refractivity contribution in [3.8, 4) is 23.3 Å². The van der Waals surface area contributed by atoms with Crippen molar-refractivity contribution in [1.29, 1.82) is 5.26 Å². The number of nitrogens with zero attached hydrogens (tertiary/aromatic N) is 1. The van der Waals surface area contributed by atoms with Gasteiger partial charge in [-0.3, -0.25) is 4.79 Å². The largest absolute Gasteiger partial charge is 0.490 e. The molecule has 4 rings (SSSR count). The molecule has 0 bridgehead atoms. The molecule has 0 aliphatic heterocycles. The first-order valence-electron chi connectivity index (χ1n) is 12.5. The maximum Gasteiger partial charge on any atom is 0.266 e. The average molecular weight is 648 g/mol. The first-order chi connectivity index (χ1) is 19.4. The van der Waals surface area contributed by atoms with E-state index in [0.29, 0.717) is 41.7 Å². The molecule has 0 aliphatic carbocycles. The Morgan fingerprint density at radius 3 is 2.27 bits per heavy atom. The van der Waals surface area contributed by atoms with Crippen molar-refractivity contribution in [3.05, 3.63) is 123 Å². The molecular weight excluding hydrogens is 622 g/mol. The number of ether oxygens (including phenoxy) is 3. The zero-order chi connectivity index (χ0) is 28.3. The van der Waals surface area contributed by atoms with E-state index in [-0.39, 0.29) is 18.0 Å². The van der Waals surface area contributed by atoms with Gasteiger partial charge in [0.05, 0.1) is 10.2 Å². The number of halogens is 2. The maximum atomic E-state index is 13.2. The van der Waals surface area contributed by atoms with Gasteiger partial charge in [-0.05, 0) is 101 Å². The highest BCUT2D eigenvalue weighted by molar-refractivity contribution is 14.1. The van der Waals surface area contributed by atoms with Crippen LogP contribution in [0.4, 0.5) is 10.1 Å². The first-order valence-corrected chi connectivity index (χ1v) is 13.6. The predicted octanol–water partition coefficient (Wildman–Crippen LogP) is 7.53. The first kappa shape index (κ1) is 28.6. The van der Waals surface area contributed by atoms with Gasteiger partial charge >= 0.3 is 0 Å². The molecule has 0 fully saturated rings. The van der Waals surface area contributed by atoms with Crippen LogP contribution in [0.2, 0.25) is 0 Å². The van der Waals surface area contributed by atoms with Gasteiger partial charge in [-0.1, -0.05) is 42.5 Å². The van der Waals surface area contributed by atoms with Crippen LogP contribution in [0.25, 0.3) is 6.08 Å². The summed E-state index contributed by atoms with van der Waals surface area (Å²) in [4.78, 5) is 12.9. The minimum atomic E-state index is -0.537. The van der Waals surface area contributed by atoms with Crippen LogP contribution in [0.3, 0.4) is 0 Å². The molecule has 0 saturated heterocycles. The minimum Gasteiger partial charge on any atom is -0.490 e. The standard InChI is InChI=1S/C32H26FIN2O4/c1-2-38-30-18-24(17-29(34)31(30)40-21-23-8-10-26(33)11-9-23)16-25(19-35)32(37)36-27-12-14-28(15-13-27)39-20-22-6-4-3-5-7-22/h3-18H,2,20-21H2,1H3,(H,36,37)/b25-16+. The molecule has 0 heterocycles. The Hall–Kier alpha value is -4.36. The molecule has 0 aliphatic rings. The molecule has 1 N–H and O–H groups in total. The van der Waals surface area contributed by atoms with Crippen LogP contribution in [-0.2, 0) is 18.0 Å². The van der Waals surface area contributed by atoms with Crippen molar-refractivity contribution in [1.82, 2.24) is 0 Å². The summed E-state index contributed by atoms with van der Waals surface area (Å²) in [6, 6.07) is 28.3. The summed E-state index contributed by atoms with van der Waals surface area (Å²) in [6.45, 7) is 2.91. The average Bonchev–Trinajstić information content (AvgIpc) is 2.96. The van der Waals surface area contributed by atoms with E-state index in [1.165, 1.54) is 18.2 Å². The Balaban J connectivity index is 1.44. The van der Waals surface area contributed by atoms with E-state index in [4.69, 9.17) is 14.2 Å². The van der Waals surface area contributed by atoms with E-state index in [0.717, 1.165) is 14.7 Å². The second-order valence-electron chi connectivity index (χ2n) is 8.60. The highest BCUT2D eigenvalue weighted by Gasteiger charge is 2.15. The topological polar surface area (TPSA) is 80.6 Å². The fourth-order valence-corrected chi connectivity index (χ4v) is 4.48. The molecule has 0 unspecified atom stereocenters. The van der Waals surface area contributed by atoms with Gasteiger partial charge in [0.15, 0.2) is 11.5 Å². The lowest BCUT2D eigenvalue weighted by atomic mass is 10.1. The van der Waals surface area contributed by atoms with Crippen molar-refractivity contribution in [2.75, 3.05) is 11.9 Å². The number of nitriles is 1. The molecule has 4 aromatic carbocycles. The molecule has 8 heteroatoms. The lowest BCUT2D eigenvalue weighted by Crippen LogP contribution is -2.13. The smallest absolute Gasteiger partial charge is 0.266 e. The van der Waals surface area contributed by atoms with Crippen molar-refractivity contribution >= 4 is 40.3 Å². The fraction of sp³-hybridized carbons (Fsp3) is 0.125. The number of amides is 1. The fourth-order valence-electron chi connectivity index (χ4n) is 3.70. The normalized spacial score (nSPS) is 10.9. The summed E-state index contributed by atoms with van der Waals surface area (Å²) >= 11 is 2.12. The van der Waals surface area contributed by atoms with Gasteiger partial charge in [0.25, 0.3) is 5.91 Å². The van der Waals surface area contributed by atoms with Crippen LogP contribution in [0.5, 0.6) is 17.2 Å². The minimum absolute atomic E-state index is 0.0670. The summed E-state index contributed by atoms with van der Waals surface area (Å²) in [5.74, 6) is 0.822. The molecule has 0 aromatic heterocycles. The van der Waals surface area contributed by atoms with Crippen molar-refractivity contribution in [2.24, 2.45) is 0 Å². The van der Waals surface area contributed by atoms with E-state index in [1.807, 2.05) is 43.3 Å². The third-order valence-electron chi connectivity index (χ3n) is 5.66. The lowest BCUT2D eigenvalue weighted by Gasteiger charge is -2.15. The molecular formula is C32H26FIN2O4. The van der Waals surface area contributed by atoms with E-state index in [2.05, 4.69) is 27.9 Å². The van der Waals surface area contributed by atoms with Crippen molar-refractivity contribution in [2.45, 2.75) is 20.1 Å². The number of hydrogen-bond acceptors (Lipinski definition) is 5. The summed E-state index contributed by atoms with van der Waals surface area (Å²) in [5.41, 5.74) is 2.94. The number of benzene rings is 4. The van der Waals surface area contributed by atoms with Crippen LogP contribution in [0, 0.1) is 20.7 Å². The summed E-state index contributed by atoms with van der Waals surface area (Å²) in [7, 11) is 0. The third-order valence-corrected chi connectivity index (χ3v) is 6.47. The van der Waals surface area contributed by atoms with E-state index >= 15 is 0 Å². The SMILES string of the molecule is CCOc1cc(/C=C(\C#N)C(=O)Nc2ccc(OCc3ccccc3)cc2)cc(I)c1OCc1ccc(F)cc1. The Bertz CT molecular complexity index is 1520. The van der Waals surface area contributed by atoms with Gasteiger partial charge in [-0.2, -0.15) is 5.26 Å². The van der Waals surface area contributed by atoms with Gasteiger partial charge in [0.1, 0.15) is 36.4 Å². The van der Waals surface area contributed by atoms with Crippen molar-refractivity contribution < 1.29 is 23.4 Å². The molecule has 4 aromatic rings. The number of rotatable bonds is 11. The molecule has 0 spiro atoms. The Labute approximate surface area is 246 Å². The van der Waals surface area contributed by atoms with Crippen LogP contribution >= 0.6 is 22.6 Å². The Kier molecular flexibility index (Phi) is 10.1. The number of carbonyl (C=O) groups is 1. The number of carbonyl (C=O) groups excluding carboxylic acids is 1. The van der Waals surface area contributed by atoms with Gasteiger partial charge in [-0.25, -0.2) is 4.39 Å². The highest BCUT2D eigenvalue weighted by Crippen LogP contribution is 2.35. The zero-order valence-electron chi connectivity index (χ0n) is 21.7. The molecule has 202 valence electrons. The zero-order valence-corrected chi connectivity index (χ0v) is 23.9. The predicted molar refractivity (Wildman–Crippen MR) is 160 cm³/mol. The van der Waals surface area contributed by atoms with Gasteiger partial charge in [0.2, 0.25) is 0 Å². The number of nitrogens with one attached hydrogen (secondary N) is 1. The molecule has 1 amide bonds. The second-order valence-corrected chi connectivity index (χ2v) is 9.76. The second kappa shape index (κ2) is 14.1. The van der Waals surface area contributed by atoms with Gasteiger partial charge in [0, 0.05) is 5.69 Å². The maximum absolute atomic E-state index is 13.2. The van der Waals surface area contributed by atoms with Crippen molar-refractivity contribution in [3.63, 3.8) is 0 Å². The monoisotopic (exact) mass is 648 g/mol. The summed E-state index contributed by atoms with van der Waals surface area (Å²) in [6.07, 6.45) is 1.50. The molecule has 6 nitrogen and oxygen atoms in total. The van der Waals surface area contributed by atoms with Gasteiger partial charge in [-0.15, -0.1) is 0 Å².